The number of halogens is 1. The number of nitrogens with zero attached hydrogens (tertiary/aromatic N) is 3. The van der Waals surface area contributed by atoms with Gasteiger partial charge < -0.3 is 10.2 Å². The molecule has 0 spiro atoms. The van der Waals surface area contributed by atoms with Crippen molar-refractivity contribution in [2.45, 2.75) is 24.8 Å². The van der Waals surface area contributed by atoms with Crippen LogP contribution >= 0.6 is 24.0 Å². The van der Waals surface area contributed by atoms with Crippen molar-refractivity contribution in [3.8, 4) is 0 Å². The second kappa shape index (κ2) is 9.71. The van der Waals surface area contributed by atoms with Gasteiger partial charge in [-0.15, -0.1) is 24.0 Å². The van der Waals surface area contributed by atoms with Gasteiger partial charge in [-0.3, -0.25) is 0 Å². The van der Waals surface area contributed by atoms with Crippen LogP contribution < -0.4 is 10.2 Å². The second-order valence-electron chi connectivity index (χ2n) is 6.63. The number of fused-ring (bicyclic) bond motifs is 1. The molecule has 0 aliphatic carbocycles. The third-order valence-corrected chi connectivity index (χ3v) is 6.42. The number of para-hydroxylation sites is 1. The lowest BCUT2D eigenvalue weighted by molar-refractivity contribution is 0.520. The number of rotatable bonds is 5. The molecule has 1 heterocycles. The molecule has 8 heteroatoms. The first-order valence-electron chi connectivity index (χ1n) is 9.08. The minimum atomic E-state index is -3.40. The highest BCUT2D eigenvalue weighted by Crippen LogP contribution is 2.27. The molecule has 6 nitrogen and oxygen atoms in total. The molecular weight excluding hydrogens is 487 g/mol. The molecule has 1 N–H and O–H groups in total. The highest BCUT2D eigenvalue weighted by molar-refractivity contribution is 14.0. The Morgan fingerprint density at radius 2 is 1.82 bits per heavy atom. The number of nitrogens with one attached hydrogen (secondary N) is 1. The summed E-state index contributed by atoms with van der Waals surface area (Å²) in [4.78, 5) is 7.27. The molecule has 3 rings (SSSR count). The summed E-state index contributed by atoms with van der Waals surface area (Å²) in [6, 6.07) is 15.3. The van der Waals surface area contributed by atoms with Crippen molar-refractivity contribution < 1.29 is 8.42 Å². The van der Waals surface area contributed by atoms with Gasteiger partial charge in [0.2, 0.25) is 10.0 Å². The Balaban J connectivity index is 0.00000280. The zero-order chi connectivity index (χ0) is 19.4. The Morgan fingerprint density at radius 1 is 1.14 bits per heavy atom. The van der Waals surface area contributed by atoms with Crippen molar-refractivity contribution in [1.29, 1.82) is 0 Å². The number of benzene rings is 2. The van der Waals surface area contributed by atoms with Crippen LogP contribution in [0.5, 0.6) is 0 Å². The lowest BCUT2D eigenvalue weighted by Gasteiger charge is -2.22. The fourth-order valence-corrected chi connectivity index (χ4v) is 4.00. The lowest BCUT2D eigenvalue weighted by Crippen LogP contribution is -2.40. The van der Waals surface area contributed by atoms with Crippen molar-refractivity contribution >= 4 is 45.6 Å². The SMILES string of the molecule is CCNC(=NCc1ccc(S(=O)(=O)N(C)C)cc1)N1CCc2ccccc21.I. The number of anilines is 1. The number of hydrogen-bond acceptors (Lipinski definition) is 3. The predicted molar refractivity (Wildman–Crippen MR) is 125 cm³/mol. The smallest absolute Gasteiger partial charge is 0.242 e. The van der Waals surface area contributed by atoms with E-state index in [4.69, 9.17) is 4.99 Å². The first-order chi connectivity index (χ1) is 12.9. The van der Waals surface area contributed by atoms with Gasteiger partial charge in [-0.05, 0) is 42.7 Å². The van der Waals surface area contributed by atoms with Crippen molar-refractivity contribution in [2.24, 2.45) is 4.99 Å². The van der Waals surface area contributed by atoms with E-state index in [9.17, 15) is 8.42 Å². The van der Waals surface area contributed by atoms with Gasteiger partial charge in [0.1, 0.15) is 0 Å². The molecule has 0 radical (unpaired) electrons. The molecule has 28 heavy (non-hydrogen) atoms. The van der Waals surface area contributed by atoms with Gasteiger partial charge in [-0.2, -0.15) is 0 Å². The van der Waals surface area contributed by atoms with Crippen LogP contribution in [0.1, 0.15) is 18.1 Å². The van der Waals surface area contributed by atoms with E-state index < -0.39 is 10.0 Å². The van der Waals surface area contributed by atoms with E-state index >= 15 is 0 Å². The molecule has 0 atom stereocenters. The van der Waals surface area contributed by atoms with E-state index in [0.717, 1.165) is 31.0 Å². The van der Waals surface area contributed by atoms with Crippen LogP contribution in [0.4, 0.5) is 5.69 Å². The number of hydrogen-bond donors (Lipinski definition) is 1. The number of aliphatic imine (C=N–C) groups is 1. The van der Waals surface area contributed by atoms with E-state index in [1.165, 1.54) is 29.7 Å². The molecule has 0 fully saturated rings. The second-order valence-corrected chi connectivity index (χ2v) is 8.78. The Morgan fingerprint density at radius 3 is 2.46 bits per heavy atom. The lowest BCUT2D eigenvalue weighted by atomic mass is 10.2. The summed E-state index contributed by atoms with van der Waals surface area (Å²) in [7, 11) is -0.339. The Hall–Kier alpha value is -1.65. The summed E-state index contributed by atoms with van der Waals surface area (Å²) in [5.41, 5.74) is 3.50. The zero-order valence-electron chi connectivity index (χ0n) is 16.4. The average Bonchev–Trinajstić information content (AvgIpc) is 3.09. The van der Waals surface area contributed by atoms with Crippen LogP contribution in [0.25, 0.3) is 0 Å². The van der Waals surface area contributed by atoms with Crippen molar-refractivity contribution in [1.82, 2.24) is 9.62 Å². The van der Waals surface area contributed by atoms with Gasteiger partial charge >= 0.3 is 0 Å². The van der Waals surface area contributed by atoms with Crippen molar-refractivity contribution in [3.63, 3.8) is 0 Å². The monoisotopic (exact) mass is 514 g/mol. The summed E-state index contributed by atoms with van der Waals surface area (Å²) in [5, 5.41) is 3.36. The van der Waals surface area contributed by atoms with Crippen LogP contribution in [0, 0.1) is 0 Å². The molecular formula is C20H27IN4O2S. The summed E-state index contributed by atoms with van der Waals surface area (Å²) >= 11 is 0. The van der Waals surface area contributed by atoms with Gasteiger partial charge in [0, 0.05) is 32.9 Å². The number of guanidine groups is 1. The van der Waals surface area contributed by atoms with Crippen LogP contribution in [0.15, 0.2) is 58.4 Å². The van der Waals surface area contributed by atoms with Gasteiger partial charge in [-0.1, -0.05) is 30.3 Å². The fourth-order valence-electron chi connectivity index (χ4n) is 3.10. The highest BCUT2D eigenvalue weighted by atomic mass is 127. The average molecular weight is 514 g/mol. The van der Waals surface area contributed by atoms with Gasteiger partial charge in [-0.25, -0.2) is 17.7 Å². The third-order valence-electron chi connectivity index (χ3n) is 4.59. The van der Waals surface area contributed by atoms with E-state index in [-0.39, 0.29) is 24.0 Å². The molecule has 0 saturated heterocycles. The molecule has 1 aliphatic rings. The summed E-state index contributed by atoms with van der Waals surface area (Å²) < 4.78 is 25.6. The van der Waals surface area contributed by atoms with E-state index in [1.54, 1.807) is 12.1 Å². The third kappa shape index (κ3) is 4.84. The summed E-state index contributed by atoms with van der Waals surface area (Å²) in [5.74, 6) is 0.854. The molecule has 0 amide bonds. The van der Waals surface area contributed by atoms with E-state index in [0.29, 0.717) is 11.4 Å². The van der Waals surface area contributed by atoms with Crippen molar-refractivity contribution in [3.05, 3.63) is 59.7 Å². The summed E-state index contributed by atoms with van der Waals surface area (Å²) in [6.45, 7) is 4.24. The minimum Gasteiger partial charge on any atom is -0.356 e. The Kier molecular flexibility index (Phi) is 7.85. The summed E-state index contributed by atoms with van der Waals surface area (Å²) in [6.07, 6.45) is 1.01. The largest absolute Gasteiger partial charge is 0.356 e. The van der Waals surface area contributed by atoms with E-state index in [2.05, 4.69) is 35.3 Å². The maximum Gasteiger partial charge on any atom is 0.242 e. The van der Waals surface area contributed by atoms with Gasteiger partial charge in [0.05, 0.1) is 11.4 Å². The van der Waals surface area contributed by atoms with Crippen molar-refractivity contribution in [2.75, 3.05) is 32.1 Å². The Labute approximate surface area is 184 Å². The molecule has 152 valence electrons. The van der Waals surface area contributed by atoms with Gasteiger partial charge in [0.15, 0.2) is 5.96 Å². The minimum absolute atomic E-state index is 0. The first kappa shape index (κ1) is 22.6. The first-order valence-corrected chi connectivity index (χ1v) is 10.5. The maximum absolute atomic E-state index is 12.2. The molecule has 2 aromatic carbocycles. The molecule has 0 unspecified atom stereocenters. The highest BCUT2D eigenvalue weighted by Gasteiger charge is 2.22. The number of sulfonamides is 1. The molecule has 0 saturated carbocycles. The quantitative estimate of drug-likeness (QED) is 0.379. The normalized spacial score (nSPS) is 14.0. The maximum atomic E-state index is 12.2. The van der Waals surface area contributed by atoms with Crippen LogP contribution in [0.2, 0.25) is 0 Å². The van der Waals surface area contributed by atoms with Crippen LogP contribution in [-0.4, -0.2) is 45.9 Å². The Bertz CT molecular complexity index is 927. The molecule has 2 aromatic rings. The molecule has 0 bridgehead atoms. The zero-order valence-corrected chi connectivity index (χ0v) is 19.6. The van der Waals surface area contributed by atoms with Gasteiger partial charge in [0.25, 0.3) is 0 Å². The van der Waals surface area contributed by atoms with Crippen LogP contribution in [0.3, 0.4) is 0 Å². The van der Waals surface area contributed by atoms with Crippen LogP contribution in [-0.2, 0) is 23.0 Å². The fraction of sp³-hybridized carbons (Fsp3) is 0.350. The van der Waals surface area contributed by atoms with E-state index in [1.807, 2.05) is 18.2 Å². The molecule has 1 aliphatic heterocycles. The predicted octanol–water partition coefficient (Wildman–Crippen LogP) is 3.08. The topological polar surface area (TPSA) is 65.0 Å². The standard InChI is InChI=1S/C20H26N4O2S.HI/c1-4-21-20(24-14-13-17-7-5-6-8-19(17)24)22-15-16-9-11-18(12-10-16)27(25,26)23(2)3;/h5-12H,4,13-15H2,1-3H3,(H,21,22);1H. The molecule has 0 aromatic heterocycles.